The van der Waals surface area contributed by atoms with Gasteiger partial charge in [0.25, 0.3) is 0 Å². The molecule has 0 N–H and O–H groups in total. The molecule has 2 aromatic rings. The zero-order chi connectivity index (χ0) is 10.8. The minimum atomic E-state index is 0.429. The van der Waals surface area contributed by atoms with Gasteiger partial charge in [-0.25, -0.2) is 4.98 Å². The monoisotopic (exact) mass is 201 g/mol. The van der Waals surface area contributed by atoms with Gasteiger partial charge in [0.1, 0.15) is 5.69 Å². The summed E-state index contributed by atoms with van der Waals surface area (Å²) in [4.78, 5) is 19.0. The van der Waals surface area contributed by atoms with Crippen LogP contribution in [0.15, 0.2) is 24.7 Å². The summed E-state index contributed by atoms with van der Waals surface area (Å²) in [5, 5.41) is 0. The molecule has 0 saturated carbocycles. The van der Waals surface area contributed by atoms with Crippen LogP contribution in [0.5, 0.6) is 0 Å². The van der Waals surface area contributed by atoms with Crippen LogP contribution in [0.4, 0.5) is 0 Å². The average Bonchev–Trinajstić information content (AvgIpc) is 2.60. The summed E-state index contributed by atoms with van der Waals surface area (Å²) in [6.07, 6.45) is 4.06. The van der Waals surface area contributed by atoms with E-state index in [0.29, 0.717) is 5.69 Å². The second kappa shape index (κ2) is 3.65. The lowest BCUT2D eigenvalue weighted by atomic mass is 10.3. The molecule has 0 spiro atoms. The number of carbonyl (C=O) groups excluding carboxylic acids is 1. The van der Waals surface area contributed by atoms with Crippen LogP contribution in [0, 0.1) is 13.8 Å². The van der Waals surface area contributed by atoms with Crippen molar-refractivity contribution in [3.63, 3.8) is 0 Å². The number of pyridine rings is 1. The predicted octanol–water partition coefficient (Wildman–Crippen LogP) is 1.70. The van der Waals surface area contributed by atoms with Crippen molar-refractivity contribution in [1.29, 1.82) is 0 Å². The molecule has 76 valence electrons. The van der Waals surface area contributed by atoms with Crippen LogP contribution in [0.25, 0.3) is 5.69 Å². The summed E-state index contributed by atoms with van der Waals surface area (Å²) in [6, 6.07) is 3.65. The van der Waals surface area contributed by atoms with E-state index in [1.165, 1.54) is 0 Å². The first-order chi connectivity index (χ1) is 7.24. The summed E-state index contributed by atoms with van der Waals surface area (Å²) >= 11 is 0. The van der Waals surface area contributed by atoms with Gasteiger partial charge in [0.15, 0.2) is 6.29 Å². The molecule has 2 heterocycles. The number of hydrogen-bond donors (Lipinski definition) is 0. The van der Waals surface area contributed by atoms with Crippen molar-refractivity contribution < 1.29 is 4.79 Å². The van der Waals surface area contributed by atoms with Gasteiger partial charge in [-0.05, 0) is 26.0 Å². The Morgan fingerprint density at radius 2 is 2.13 bits per heavy atom. The van der Waals surface area contributed by atoms with Crippen molar-refractivity contribution in [3.8, 4) is 5.69 Å². The molecule has 0 atom stereocenters. The minimum absolute atomic E-state index is 0.429. The van der Waals surface area contributed by atoms with Crippen molar-refractivity contribution in [1.82, 2.24) is 14.5 Å². The number of aryl methyl sites for hydroxylation is 1. The highest BCUT2D eigenvalue weighted by molar-refractivity contribution is 5.77. The molecule has 0 amide bonds. The van der Waals surface area contributed by atoms with Crippen molar-refractivity contribution >= 4 is 6.29 Å². The van der Waals surface area contributed by atoms with E-state index in [1.54, 1.807) is 18.6 Å². The molecule has 0 aliphatic heterocycles. The van der Waals surface area contributed by atoms with Gasteiger partial charge in [-0.1, -0.05) is 0 Å². The fraction of sp³-hybridized carbons (Fsp3) is 0.182. The summed E-state index contributed by atoms with van der Waals surface area (Å²) in [7, 11) is 0. The maximum absolute atomic E-state index is 10.8. The summed E-state index contributed by atoms with van der Waals surface area (Å²) < 4.78 is 1.87. The Kier molecular flexibility index (Phi) is 2.33. The van der Waals surface area contributed by atoms with E-state index < -0.39 is 0 Å². The normalized spacial score (nSPS) is 10.3. The van der Waals surface area contributed by atoms with Crippen LogP contribution < -0.4 is 0 Å². The summed E-state index contributed by atoms with van der Waals surface area (Å²) in [6.45, 7) is 3.90. The molecule has 0 aliphatic rings. The van der Waals surface area contributed by atoms with Crippen molar-refractivity contribution in [2.24, 2.45) is 0 Å². The lowest BCUT2D eigenvalue weighted by Crippen LogP contribution is -2.01. The second-order valence-corrected chi connectivity index (χ2v) is 3.31. The predicted molar refractivity (Wildman–Crippen MR) is 56.2 cm³/mol. The maximum atomic E-state index is 10.8. The van der Waals surface area contributed by atoms with Crippen molar-refractivity contribution in [3.05, 3.63) is 41.7 Å². The van der Waals surface area contributed by atoms with Gasteiger partial charge < -0.3 is 4.57 Å². The Morgan fingerprint density at radius 3 is 2.73 bits per heavy atom. The van der Waals surface area contributed by atoms with E-state index >= 15 is 0 Å². The van der Waals surface area contributed by atoms with Gasteiger partial charge in [-0.15, -0.1) is 0 Å². The molecule has 2 rings (SSSR count). The number of aldehydes is 1. The van der Waals surface area contributed by atoms with E-state index in [9.17, 15) is 4.79 Å². The molecule has 0 aliphatic carbocycles. The summed E-state index contributed by atoms with van der Waals surface area (Å²) in [5.41, 5.74) is 3.17. The first kappa shape index (κ1) is 9.58. The standard InChI is InChI=1S/C11H11N3O/c1-8-9(2)14(7-13-8)11-4-3-5-12-10(11)6-15/h3-7H,1-2H3. The topological polar surface area (TPSA) is 47.8 Å². The van der Waals surface area contributed by atoms with Gasteiger partial charge in [-0.2, -0.15) is 0 Å². The molecule has 0 saturated heterocycles. The molecule has 0 unspecified atom stereocenters. The quantitative estimate of drug-likeness (QED) is 0.695. The van der Waals surface area contributed by atoms with Crippen LogP contribution in [0.1, 0.15) is 21.9 Å². The first-order valence-corrected chi connectivity index (χ1v) is 4.65. The highest BCUT2D eigenvalue weighted by Crippen LogP contribution is 2.14. The van der Waals surface area contributed by atoms with Crippen molar-refractivity contribution in [2.45, 2.75) is 13.8 Å². The van der Waals surface area contributed by atoms with E-state index in [0.717, 1.165) is 23.4 Å². The molecule has 4 heteroatoms. The Morgan fingerprint density at radius 1 is 1.33 bits per heavy atom. The number of carbonyl (C=O) groups is 1. The van der Waals surface area contributed by atoms with E-state index in [-0.39, 0.29) is 0 Å². The smallest absolute Gasteiger partial charge is 0.170 e. The molecule has 0 radical (unpaired) electrons. The Bertz CT molecular complexity index is 502. The molecular formula is C11H11N3O. The Hall–Kier alpha value is -1.97. The highest BCUT2D eigenvalue weighted by Gasteiger charge is 2.08. The van der Waals surface area contributed by atoms with Crippen LogP contribution in [0.2, 0.25) is 0 Å². The number of rotatable bonds is 2. The van der Waals surface area contributed by atoms with Crippen molar-refractivity contribution in [2.75, 3.05) is 0 Å². The lowest BCUT2D eigenvalue weighted by Gasteiger charge is -2.06. The Balaban J connectivity index is 2.63. The minimum Gasteiger partial charge on any atom is -0.301 e. The largest absolute Gasteiger partial charge is 0.301 e. The van der Waals surface area contributed by atoms with Gasteiger partial charge in [0.05, 0.1) is 17.7 Å². The Labute approximate surface area is 87.6 Å². The fourth-order valence-electron chi connectivity index (χ4n) is 1.45. The molecular weight excluding hydrogens is 190 g/mol. The number of aromatic nitrogens is 3. The van der Waals surface area contributed by atoms with E-state index in [1.807, 2.05) is 24.5 Å². The lowest BCUT2D eigenvalue weighted by molar-refractivity contribution is 0.111. The van der Waals surface area contributed by atoms with Gasteiger partial charge in [0, 0.05) is 11.9 Å². The number of hydrogen-bond acceptors (Lipinski definition) is 3. The van der Waals surface area contributed by atoms with Crippen LogP contribution in [-0.4, -0.2) is 20.8 Å². The molecule has 2 aromatic heterocycles. The van der Waals surface area contributed by atoms with E-state index in [2.05, 4.69) is 9.97 Å². The SMILES string of the molecule is Cc1ncn(-c2cccnc2C=O)c1C. The highest BCUT2D eigenvalue weighted by atomic mass is 16.1. The molecule has 15 heavy (non-hydrogen) atoms. The van der Waals surface area contributed by atoms with Crippen LogP contribution in [-0.2, 0) is 0 Å². The van der Waals surface area contributed by atoms with E-state index in [4.69, 9.17) is 0 Å². The zero-order valence-corrected chi connectivity index (χ0v) is 8.64. The molecule has 0 bridgehead atoms. The maximum Gasteiger partial charge on any atom is 0.170 e. The van der Waals surface area contributed by atoms with Gasteiger partial charge >= 0.3 is 0 Å². The van der Waals surface area contributed by atoms with Gasteiger partial charge in [-0.3, -0.25) is 9.78 Å². The van der Waals surface area contributed by atoms with Crippen LogP contribution >= 0.6 is 0 Å². The van der Waals surface area contributed by atoms with Gasteiger partial charge in [0.2, 0.25) is 0 Å². The van der Waals surface area contributed by atoms with Crippen LogP contribution in [0.3, 0.4) is 0 Å². The molecule has 4 nitrogen and oxygen atoms in total. The number of nitrogens with zero attached hydrogens (tertiary/aromatic N) is 3. The number of imidazole rings is 1. The third-order valence-electron chi connectivity index (χ3n) is 2.44. The summed E-state index contributed by atoms with van der Waals surface area (Å²) in [5.74, 6) is 0. The molecule has 0 fully saturated rings. The first-order valence-electron chi connectivity index (χ1n) is 4.65. The average molecular weight is 201 g/mol. The third-order valence-corrected chi connectivity index (χ3v) is 2.44. The third kappa shape index (κ3) is 1.54. The fourth-order valence-corrected chi connectivity index (χ4v) is 1.45. The molecule has 0 aromatic carbocycles. The second-order valence-electron chi connectivity index (χ2n) is 3.31. The zero-order valence-electron chi connectivity index (χ0n) is 8.64.